The van der Waals surface area contributed by atoms with Gasteiger partial charge in [0.2, 0.25) is 5.91 Å². The van der Waals surface area contributed by atoms with Crippen LogP contribution in [0.5, 0.6) is 5.75 Å². The highest BCUT2D eigenvalue weighted by Crippen LogP contribution is 2.34. The molecule has 0 spiro atoms. The van der Waals surface area contributed by atoms with E-state index in [9.17, 15) is 14.4 Å². The van der Waals surface area contributed by atoms with E-state index in [2.05, 4.69) is 5.10 Å². The van der Waals surface area contributed by atoms with E-state index in [0.29, 0.717) is 48.6 Å². The van der Waals surface area contributed by atoms with Crippen LogP contribution in [0, 0.1) is 6.92 Å². The molecule has 0 unspecified atom stereocenters. The third kappa shape index (κ3) is 3.40. The molecule has 9 nitrogen and oxygen atoms in total. The summed E-state index contributed by atoms with van der Waals surface area (Å²) in [6.07, 6.45) is 1.84. The van der Waals surface area contributed by atoms with Gasteiger partial charge in [0.1, 0.15) is 17.1 Å². The third-order valence-corrected chi connectivity index (χ3v) is 6.42. The number of ether oxygens (including phenoxy) is 1. The normalized spacial score (nSPS) is 15.6. The van der Waals surface area contributed by atoms with Crippen molar-refractivity contribution in [2.75, 3.05) is 30.0 Å². The number of nitrogens with zero attached hydrogens (tertiary/aromatic N) is 4. The van der Waals surface area contributed by atoms with Crippen LogP contribution in [0.25, 0.3) is 5.69 Å². The zero-order valence-corrected chi connectivity index (χ0v) is 19.1. The van der Waals surface area contributed by atoms with Crippen LogP contribution in [-0.2, 0) is 11.2 Å². The quantitative estimate of drug-likeness (QED) is 0.631. The van der Waals surface area contributed by atoms with Crippen molar-refractivity contribution in [1.29, 1.82) is 0 Å². The molecule has 2 aliphatic heterocycles. The number of nitrogens with two attached hydrogens (primary N) is 1. The molecule has 0 aliphatic carbocycles. The van der Waals surface area contributed by atoms with Gasteiger partial charge in [-0.2, -0.15) is 5.10 Å². The maximum absolute atomic E-state index is 13.8. The molecule has 0 atom stereocenters. The molecule has 3 heterocycles. The number of carbonyl (C=O) groups excluding carboxylic acids is 3. The number of carbonyl (C=O) groups is 3. The van der Waals surface area contributed by atoms with Gasteiger partial charge in [0.15, 0.2) is 5.69 Å². The number of fused-ring (bicyclic) bond motifs is 1. The zero-order valence-electron chi connectivity index (χ0n) is 19.1. The first-order valence-electron chi connectivity index (χ1n) is 11.2. The lowest BCUT2D eigenvalue weighted by Gasteiger charge is -2.29. The molecule has 174 valence electrons. The summed E-state index contributed by atoms with van der Waals surface area (Å²) in [6.45, 7) is 3.01. The van der Waals surface area contributed by atoms with Crippen molar-refractivity contribution in [2.45, 2.75) is 26.2 Å². The third-order valence-electron chi connectivity index (χ3n) is 6.42. The maximum atomic E-state index is 13.8. The monoisotopic (exact) mass is 459 g/mol. The number of hydrogen-bond acceptors (Lipinski definition) is 5. The number of aryl methyl sites for hydroxylation is 1. The topological polar surface area (TPSA) is 111 Å². The average Bonchev–Trinajstić information content (AvgIpc) is 3.44. The minimum absolute atomic E-state index is 0.0912. The van der Waals surface area contributed by atoms with E-state index in [1.165, 1.54) is 11.8 Å². The predicted molar refractivity (Wildman–Crippen MR) is 127 cm³/mol. The summed E-state index contributed by atoms with van der Waals surface area (Å²) in [5, 5.41) is 4.42. The number of methoxy groups -OCH3 is 1. The van der Waals surface area contributed by atoms with Gasteiger partial charge in [0, 0.05) is 36.4 Å². The molecule has 2 N–H and O–H groups in total. The van der Waals surface area contributed by atoms with E-state index in [1.54, 1.807) is 21.9 Å². The second-order valence-electron chi connectivity index (χ2n) is 8.45. The minimum Gasteiger partial charge on any atom is -0.494 e. The SMILES string of the molecule is COc1ccccc1-n1nc(C(N)=O)c2c1C(=O)N(c1ccc(N3CCCC3=O)cc1C)CC2. The highest BCUT2D eigenvalue weighted by atomic mass is 16.5. The number of anilines is 2. The molecule has 0 radical (unpaired) electrons. The second-order valence-corrected chi connectivity index (χ2v) is 8.45. The van der Waals surface area contributed by atoms with Crippen LogP contribution in [0.2, 0.25) is 0 Å². The molecular weight excluding hydrogens is 434 g/mol. The van der Waals surface area contributed by atoms with E-state index >= 15 is 0 Å². The van der Waals surface area contributed by atoms with Crippen LogP contribution < -0.4 is 20.3 Å². The zero-order chi connectivity index (χ0) is 24.0. The molecule has 3 amide bonds. The molecule has 9 heteroatoms. The summed E-state index contributed by atoms with van der Waals surface area (Å²) in [5.41, 5.74) is 9.54. The summed E-state index contributed by atoms with van der Waals surface area (Å²) in [6, 6.07) is 12.9. The van der Waals surface area contributed by atoms with E-state index in [0.717, 1.165) is 23.4 Å². The molecule has 3 aromatic rings. The molecule has 1 aromatic heterocycles. The van der Waals surface area contributed by atoms with Gasteiger partial charge in [0.25, 0.3) is 11.8 Å². The summed E-state index contributed by atoms with van der Waals surface area (Å²) in [4.78, 5) is 41.5. The Hall–Kier alpha value is -4.14. The number of rotatable bonds is 5. The van der Waals surface area contributed by atoms with Crippen LogP contribution >= 0.6 is 0 Å². The number of hydrogen-bond donors (Lipinski definition) is 1. The van der Waals surface area contributed by atoms with Gasteiger partial charge >= 0.3 is 0 Å². The van der Waals surface area contributed by atoms with Gasteiger partial charge < -0.3 is 20.3 Å². The van der Waals surface area contributed by atoms with Gasteiger partial charge in [-0.3, -0.25) is 14.4 Å². The molecule has 2 aliphatic rings. The summed E-state index contributed by atoms with van der Waals surface area (Å²) in [7, 11) is 1.54. The van der Waals surface area contributed by atoms with Crippen LogP contribution in [0.3, 0.4) is 0 Å². The lowest BCUT2D eigenvalue weighted by molar-refractivity contribution is -0.117. The first kappa shape index (κ1) is 21.7. The highest BCUT2D eigenvalue weighted by molar-refractivity contribution is 6.10. The van der Waals surface area contributed by atoms with Gasteiger partial charge in [-0.25, -0.2) is 4.68 Å². The first-order chi connectivity index (χ1) is 16.4. The van der Waals surface area contributed by atoms with Gasteiger partial charge in [-0.05, 0) is 55.7 Å². The lowest BCUT2D eigenvalue weighted by Crippen LogP contribution is -2.39. The van der Waals surface area contributed by atoms with E-state index < -0.39 is 5.91 Å². The Balaban J connectivity index is 1.58. The fourth-order valence-electron chi connectivity index (χ4n) is 4.80. The molecule has 2 aromatic carbocycles. The Labute approximate surface area is 196 Å². The summed E-state index contributed by atoms with van der Waals surface area (Å²) < 4.78 is 6.92. The average molecular weight is 460 g/mol. The predicted octanol–water partition coefficient (Wildman–Crippen LogP) is 2.62. The minimum atomic E-state index is -0.679. The van der Waals surface area contributed by atoms with E-state index in [4.69, 9.17) is 10.5 Å². The Morgan fingerprint density at radius 1 is 1.03 bits per heavy atom. The Morgan fingerprint density at radius 2 is 1.82 bits per heavy atom. The van der Waals surface area contributed by atoms with Crippen molar-refractivity contribution in [1.82, 2.24) is 9.78 Å². The Morgan fingerprint density at radius 3 is 2.50 bits per heavy atom. The molecule has 5 rings (SSSR count). The molecule has 34 heavy (non-hydrogen) atoms. The molecule has 0 saturated carbocycles. The fourth-order valence-corrected chi connectivity index (χ4v) is 4.80. The van der Waals surface area contributed by atoms with Crippen molar-refractivity contribution in [3.63, 3.8) is 0 Å². The summed E-state index contributed by atoms with van der Waals surface area (Å²) in [5.74, 6) is -0.322. The number of aromatic nitrogens is 2. The second kappa shape index (κ2) is 8.33. The van der Waals surface area contributed by atoms with Crippen molar-refractivity contribution < 1.29 is 19.1 Å². The standard InChI is InChI=1S/C25H25N5O4/c1-15-14-16(28-12-5-8-21(28)31)9-10-18(15)29-13-11-17-22(24(26)32)27-30(23(17)25(29)33)19-6-3-4-7-20(19)34-2/h3-4,6-7,9-10,14H,5,8,11-13H2,1-2H3,(H2,26,32). The van der Waals surface area contributed by atoms with Gasteiger partial charge in [-0.15, -0.1) is 0 Å². The first-order valence-corrected chi connectivity index (χ1v) is 11.2. The Bertz CT molecular complexity index is 1330. The van der Waals surface area contributed by atoms with Crippen molar-refractivity contribution >= 4 is 29.1 Å². The van der Waals surface area contributed by atoms with E-state index in [-0.39, 0.29) is 17.5 Å². The highest BCUT2D eigenvalue weighted by Gasteiger charge is 2.35. The molecular formula is C25H25N5O4. The smallest absolute Gasteiger partial charge is 0.277 e. The molecule has 0 bridgehead atoms. The fraction of sp³-hybridized carbons (Fsp3) is 0.280. The summed E-state index contributed by atoms with van der Waals surface area (Å²) >= 11 is 0. The van der Waals surface area contributed by atoms with Crippen LogP contribution in [0.15, 0.2) is 42.5 Å². The van der Waals surface area contributed by atoms with Crippen LogP contribution in [-0.4, -0.2) is 47.7 Å². The number of amides is 3. The molecule has 1 fully saturated rings. The lowest BCUT2D eigenvalue weighted by atomic mass is 10.0. The van der Waals surface area contributed by atoms with Crippen LogP contribution in [0.1, 0.15) is 44.9 Å². The van der Waals surface area contributed by atoms with Crippen molar-refractivity contribution in [2.24, 2.45) is 5.73 Å². The van der Waals surface area contributed by atoms with Crippen molar-refractivity contribution in [3.8, 4) is 11.4 Å². The van der Waals surface area contributed by atoms with Gasteiger partial charge in [0.05, 0.1) is 7.11 Å². The number of para-hydroxylation sites is 2. The Kier molecular flexibility index (Phi) is 5.31. The maximum Gasteiger partial charge on any atom is 0.277 e. The van der Waals surface area contributed by atoms with Gasteiger partial charge in [-0.1, -0.05) is 12.1 Å². The van der Waals surface area contributed by atoms with E-state index in [1.807, 2.05) is 37.3 Å². The largest absolute Gasteiger partial charge is 0.494 e. The van der Waals surface area contributed by atoms with Crippen molar-refractivity contribution in [3.05, 3.63) is 65.0 Å². The van der Waals surface area contributed by atoms with Crippen LogP contribution in [0.4, 0.5) is 11.4 Å². The number of benzene rings is 2. The molecule has 1 saturated heterocycles. The number of primary amides is 1.